The van der Waals surface area contributed by atoms with Crippen LogP contribution in [0.1, 0.15) is 70.5 Å². The summed E-state index contributed by atoms with van der Waals surface area (Å²) in [6, 6.07) is 5.96. The molecule has 0 heterocycles. The number of alkyl carbamates (subject to hydrolysis) is 1. The molecule has 2 atom stereocenters. The Morgan fingerprint density at radius 1 is 1.22 bits per heavy atom. The molecule has 1 aromatic rings. The normalized spacial score (nSPS) is 12.3. The second kappa shape index (κ2) is 14.4. The molecule has 0 aliphatic heterocycles. The van der Waals surface area contributed by atoms with Crippen molar-refractivity contribution in [2.24, 2.45) is 5.73 Å². The number of amides is 4. The van der Waals surface area contributed by atoms with E-state index in [0.29, 0.717) is 24.1 Å². The van der Waals surface area contributed by atoms with Crippen LogP contribution in [-0.2, 0) is 19.1 Å². The Morgan fingerprint density at radius 3 is 2.44 bits per heavy atom. The van der Waals surface area contributed by atoms with Crippen LogP contribution in [-0.4, -0.2) is 53.4 Å². The first-order chi connectivity index (χ1) is 16.9. The van der Waals surface area contributed by atoms with Crippen LogP contribution in [0, 0.1) is 23.7 Å². The number of benzene rings is 1. The van der Waals surface area contributed by atoms with Crippen LogP contribution in [0.25, 0.3) is 0 Å². The van der Waals surface area contributed by atoms with E-state index >= 15 is 0 Å². The Kier molecular flexibility index (Phi) is 12.0. The molecular weight excluding hydrogens is 462 g/mol. The van der Waals surface area contributed by atoms with E-state index in [1.165, 1.54) is 0 Å². The zero-order chi connectivity index (χ0) is 27.3. The van der Waals surface area contributed by atoms with E-state index in [1.807, 2.05) is 13.0 Å². The van der Waals surface area contributed by atoms with Crippen LogP contribution in [0.5, 0.6) is 0 Å². The van der Waals surface area contributed by atoms with Crippen molar-refractivity contribution in [3.63, 3.8) is 0 Å². The molecule has 36 heavy (non-hydrogen) atoms. The maximum Gasteiger partial charge on any atom is 0.408 e. The molecule has 10 heteroatoms. The number of ether oxygens (including phenoxy) is 1. The molecule has 4 amide bonds. The van der Waals surface area contributed by atoms with Crippen LogP contribution in [0.15, 0.2) is 24.3 Å². The number of hydrogen-bond acceptors (Lipinski definition) is 6. The van der Waals surface area contributed by atoms with Crippen molar-refractivity contribution >= 4 is 23.8 Å². The van der Waals surface area contributed by atoms with E-state index in [9.17, 15) is 24.4 Å². The highest BCUT2D eigenvalue weighted by Crippen LogP contribution is 2.26. The Bertz CT molecular complexity index is 1020. The van der Waals surface area contributed by atoms with Crippen LogP contribution in [0.3, 0.4) is 0 Å². The van der Waals surface area contributed by atoms with Crippen LogP contribution < -0.4 is 16.4 Å². The number of hydrogen-bond donors (Lipinski definition) is 3. The van der Waals surface area contributed by atoms with Crippen molar-refractivity contribution in [2.45, 2.75) is 71.1 Å². The standard InChI is InChI=1S/C26H35N5O5/c1-6-8-16-29-23(33)22(19-12-10-9-11-18(19)7-2)31(17-15-27)24(34)20(13-14-21(28)32)30-25(35)36-26(3,4)5/h2,9-12,20,22H,6,8,13-14,16-17H2,1,3-5H3,(H2,28,32)(H,29,33)(H,30,35). The molecule has 0 aromatic heterocycles. The molecule has 0 radical (unpaired) electrons. The van der Waals surface area contributed by atoms with E-state index < -0.39 is 48.0 Å². The summed E-state index contributed by atoms with van der Waals surface area (Å²) in [7, 11) is 0. The van der Waals surface area contributed by atoms with Crippen molar-refractivity contribution in [2.75, 3.05) is 13.1 Å². The first-order valence-corrected chi connectivity index (χ1v) is 11.7. The van der Waals surface area contributed by atoms with Gasteiger partial charge in [0, 0.05) is 18.5 Å². The second-order valence-corrected chi connectivity index (χ2v) is 9.11. The van der Waals surface area contributed by atoms with Gasteiger partial charge in [-0.15, -0.1) is 6.42 Å². The van der Waals surface area contributed by atoms with Gasteiger partial charge in [-0.25, -0.2) is 4.79 Å². The summed E-state index contributed by atoms with van der Waals surface area (Å²) in [5, 5.41) is 14.8. The van der Waals surface area contributed by atoms with Crippen molar-refractivity contribution in [3.05, 3.63) is 35.4 Å². The highest BCUT2D eigenvalue weighted by atomic mass is 16.6. The monoisotopic (exact) mass is 497 g/mol. The summed E-state index contributed by atoms with van der Waals surface area (Å²) in [6.45, 7) is 6.81. The van der Waals surface area contributed by atoms with E-state index in [4.69, 9.17) is 16.9 Å². The second-order valence-electron chi connectivity index (χ2n) is 9.11. The third-order valence-corrected chi connectivity index (χ3v) is 4.99. The molecule has 194 valence electrons. The van der Waals surface area contributed by atoms with Gasteiger partial charge in [0.2, 0.25) is 17.7 Å². The molecule has 0 saturated carbocycles. The summed E-state index contributed by atoms with van der Waals surface area (Å²) < 4.78 is 5.25. The minimum atomic E-state index is -1.29. The van der Waals surface area contributed by atoms with Crippen LogP contribution in [0.2, 0.25) is 0 Å². The van der Waals surface area contributed by atoms with Gasteiger partial charge in [0.05, 0.1) is 6.07 Å². The third kappa shape index (κ3) is 9.67. The topological polar surface area (TPSA) is 155 Å². The van der Waals surface area contributed by atoms with Crippen molar-refractivity contribution < 1.29 is 23.9 Å². The summed E-state index contributed by atoms with van der Waals surface area (Å²) in [4.78, 5) is 52.0. The zero-order valence-electron chi connectivity index (χ0n) is 21.3. The lowest BCUT2D eigenvalue weighted by atomic mass is 9.97. The number of nitrogens with zero attached hydrogens (tertiary/aromatic N) is 2. The molecule has 0 aliphatic rings. The number of nitrogens with one attached hydrogen (secondary N) is 2. The maximum absolute atomic E-state index is 13.7. The Balaban J connectivity index is 3.49. The number of terminal acetylenes is 1. The van der Waals surface area contributed by atoms with Crippen molar-refractivity contribution in [3.8, 4) is 18.4 Å². The first-order valence-electron chi connectivity index (χ1n) is 11.7. The van der Waals surface area contributed by atoms with Crippen molar-refractivity contribution in [1.82, 2.24) is 15.5 Å². The average molecular weight is 498 g/mol. The molecule has 0 spiro atoms. The highest BCUT2D eigenvalue weighted by Gasteiger charge is 2.37. The van der Waals surface area contributed by atoms with E-state index in [1.54, 1.807) is 45.0 Å². The summed E-state index contributed by atoms with van der Waals surface area (Å²) in [6.07, 6.45) is 5.93. The quantitative estimate of drug-likeness (QED) is 0.228. The maximum atomic E-state index is 13.7. The third-order valence-electron chi connectivity index (χ3n) is 4.99. The van der Waals surface area contributed by atoms with Gasteiger partial charge in [-0.1, -0.05) is 37.5 Å². The van der Waals surface area contributed by atoms with Gasteiger partial charge in [-0.3, -0.25) is 14.4 Å². The number of nitrogens with two attached hydrogens (primary N) is 1. The van der Waals surface area contributed by atoms with E-state index in [0.717, 1.165) is 11.3 Å². The van der Waals surface area contributed by atoms with Gasteiger partial charge >= 0.3 is 6.09 Å². The molecule has 0 aliphatic carbocycles. The lowest BCUT2D eigenvalue weighted by Crippen LogP contribution is -2.53. The largest absolute Gasteiger partial charge is 0.444 e. The molecule has 0 saturated heterocycles. The number of primary amides is 1. The van der Waals surface area contributed by atoms with Gasteiger partial charge in [0.1, 0.15) is 24.2 Å². The SMILES string of the molecule is C#Cc1ccccc1C(C(=O)NCCCC)N(CC#N)C(=O)C(CCC(N)=O)NC(=O)OC(C)(C)C. The highest BCUT2D eigenvalue weighted by molar-refractivity contribution is 5.93. The average Bonchev–Trinajstić information content (AvgIpc) is 2.80. The lowest BCUT2D eigenvalue weighted by Gasteiger charge is -2.33. The number of nitriles is 1. The van der Waals surface area contributed by atoms with Crippen LogP contribution >= 0.6 is 0 Å². The van der Waals surface area contributed by atoms with Crippen molar-refractivity contribution in [1.29, 1.82) is 5.26 Å². The minimum Gasteiger partial charge on any atom is -0.444 e. The predicted octanol–water partition coefficient (Wildman–Crippen LogP) is 2.14. The molecule has 4 N–H and O–H groups in total. The first kappa shape index (κ1) is 30.0. The number of rotatable bonds is 12. The fourth-order valence-corrected chi connectivity index (χ4v) is 3.37. The van der Waals surface area contributed by atoms with Gasteiger partial charge in [0.15, 0.2) is 0 Å². The van der Waals surface area contributed by atoms with E-state index in [2.05, 4.69) is 16.6 Å². The van der Waals surface area contributed by atoms with E-state index in [-0.39, 0.29) is 12.8 Å². The molecule has 2 unspecified atom stereocenters. The number of unbranched alkanes of at least 4 members (excludes halogenated alkanes) is 1. The Morgan fingerprint density at radius 2 is 1.89 bits per heavy atom. The van der Waals surface area contributed by atoms with Gasteiger partial charge in [-0.05, 0) is 45.2 Å². The molecule has 0 fully saturated rings. The summed E-state index contributed by atoms with van der Waals surface area (Å²) >= 11 is 0. The smallest absolute Gasteiger partial charge is 0.408 e. The Labute approximate surface area is 212 Å². The lowest BCUT2D eigenvalue weighted by molar-refractivity contribution is -0.142. The van der Waals surface area contributed by atoms with Crippen LogP contribution in [0.4, 0.5) is 4.79 Å². The predicted molar refractivity (Wildman–Crippen MR) is 134 cm³/mol. The number of carbonyl (C=O) groups is 4. The molecule has 1 rings (SSSR count). The Hall–Kier alpha value is -4.05. The number of carbonyl (C=O) groups excluding carboxylic acids is 4. The van der Waals surface area contributed by atoms with Gasteiger partial charge < -0.3 is 26.0 Å². The minimum absolute atomic E-state index is 0.156. The summed E-state index contributed by atoms with van der Waals surface area (Å²) in [5.74, 6) is 0.541. The molecule has 1 aromatic carbocycles. The fraction of sp³-hybridized carbons (Fsp3) is 0.500. The molecule has 0 bridgehead atoms. The zero-order valence-corrected chi connectivity index (χ0v) is 21.3. The molecule has 10 nitrogen and oxygen atoms in total. The van der Waals surface area contributed by atoms with Gasteiger partial charge in [-0.2, -0.15) is 5.26 Å². The summed E-state index contributed by atoms with van der Waals surface area (Å²) in [5.41, 5.74) is 5.14. The molecular formula is C26H35N5O5. The van der Waals surface area contributed by atoms with Gasteiger partial charge in [0.25, 0.3) is 0 Å². The fourth-order valence-electron chi connectivity index (χ4n) is 3.37.